The van der Waals surface area contributed by atoms with Crippen molar-refractivity contribution >= 4 is 35.2 Å². The number of amides is 2. The molecule has 1 N–H and O–H groups in total. The number of hydrogen-bond acceptors (Lipinski definition) is 3. The number of fused-ring (bicyclic) bond motifs is 1. The first kappa shape index (κ1) is 25.1. The van der Waals surface area contributed by atoms with E-state index in [4.69, 9.17) is 16.3 Å². The van der Waals surface area contributed by atoms with Gasteiger partial charge >= 0.3 is 0 Å². The summed E-state index contributed by atoms with van der Waals surface area (Å²) >= 11 is 6.03. The number of rotatable bonds is 5. The third kappa shape index (κ3) is 5.57. The number of para-hydroxylation sites is 2. The van der Waals surface area contributed by atoms with Crippen LogP contribution in [0.3, 0.4) is 0 Å². The van der Waals surface area contributed by atoms with Crippen molar-refractivity contribution in [2.24, 2.45) is 11.8 Å². The highest BCUT2D eigenvalue weighted by molar-refractivity contribution is 6.30. The predicted molar refractivity (Wildman–Crippen MR) is 148 cm³/mol. The molecule has 3 unspecified atom stereocenters. The molecule has 5 rings (SSSR count). The highest BCUT2D eigenvalue weighted by atomic mass is 35.5. The first-order valence-electron chi connectivity index (χ1n) is 12.8. The van der Waals surface area contributed by atoms with Crippen molar-refractivity contribution < 1.29 is 14.3 Å². The quantitative estimate of drug-likeness (QED) is 0.378. The van der Waals surface area contributed by atoms with Crippen LogP contribution >= 0.6 is 11.6 Å². The lowest BCUT2D eigenvalue weighted by atomic mass is 9.78. The molecule has 3 aromatic carbocycles. The molecule has 190 valence electrons. The first-order chi connectivity index (χ1) is 17.9. The van der Waals surface area contributed by atoms with Crippen LogP contribution in [0, 0.1) is 11.8 Å². The molecule has 3 atom stereocenters. The first-order valence-corrected chi connectivity index (χ1v) is 13.2. The highest BCUT2D eigenvalue weighted by Gasteiger charge is 2.31. The third-order valence-corrected chi connectivity index (χ3v) is 7.83. The monoisotopic (exact) mass is 514 g/mol. The van der Waals surface area contributed by atoms with Crippen LogP contribution in [0.5, 0.6) is 5.75 Å². The highest BCUT2D eigenvalue weighted by Crippen LogP contribution is 2.36. The molecule has 1 saturated carbocycles. The van der Waals surface area contributed by atoms with E-state index in [9.17, 15) is 9.59 Å². The van der Waals surface area contributed by atoms with E-state index in [-0.39, 0.29) is 23.6 Å². The molecular weight excluding hydrogens is 484 g/mol. The van der Waals surface area contributed by atoms with Crippen LogP contribution in [-0.4, -0.2) is 17.9 Å². The average molecular weight is 515 g/mol. The molecule has 0 bridgehead atoms. The maximum atomic E-state index is 13.5. The largest absolute Gasteiger partial charge is 0.449 e. The average Bonchev–Trinajstić information content (AvgIpc) is 2.90. The molecule has 0 saturated heterocycles. The number of hydrogen-bond donors (Lipinski definition) is 1. The lowest BCUT2D eigenvalue weighted by Crippen LogP contribution is -2.43. The molecule has 0 aromatic heterocycles. The normalized spacial score (nSPS) is 22.4. The Morgan fingerprint density at radius 3 is 2.51 bits per heavy atom. The Balaban J connectivity index is 1.34. The van der Waals surface area contributed by atoms with Gasteiger partial charge in [-0.3, -0.25) is 14.5 Å². The van der Waals surface area contributed by atoms with Crippen LogP contribution in [0.4, 0.5) is 5.69 Å². The third-order valence-electron chi connectivity index (χ3n) is 7.58. The topological polar surface area (TPSA) is 58.6 Å². The Hall–Kier alpha value is -3.57. The van der Waals surface area contributed by atoms with Crippen molar-refractivity contribution in [2.45, 2.75) is 45.7 Å². The summed E-state index contributed by atoms with van der Waals surface area (Å²) in [4.78, 5) is 28.0. The number of nitrogens with zero attached hydrogens (tertiary/aromatic N) is 1. The number of carbonyl (C=O) groups excluding carboxylic acids is 2. The molecule has 37 heavy (non-hydrogen) atoms. The Labute approximate surface area is 223 Å². The second kappa shape index (κ2) is 10.8. The zero-order valence-corrected chi connectivity index (χ0v) is 21.9. The molecule has 1 aliphatic heterocycles. The second-order valence-corrected chi connectivity index (χ2v) is 10.5. The number of ether oxygens (including phenoxy) is 1. The summed E-state index contributed by atoms with van der Waals surface area (Å²) in [5.41, 5.74) is 3.08. The SMILES string of the molecule is CC1CCCC(NC(=O)c2ccc(/C=C3\Oc4ccccc4N(Cc4ccc(Cl)cc4)C3=O)cc2)C1C. The molecule has 0 radical (unpaired) electrons. The number of carbonyl (C=O) groups is 2. The predicted octanol–water partition coefficient (Wildman–Crippen LogP) is 6.86. The summed E-state index contributed by atoms with van der Waals surface area (Å²) in [5, 5.41) is 3.87. The minimum Gasteiger partial charge on any atom is -0.449 e. The molecule has 2 amide bonds. The number of halogens is 1. The van der Waals surface area contributed by atoms with Gasteiger partial charge in [-0.25, -0.2) is 0 Å². The van der Waals surface area contributed by atoms with Gasteiger partial charge in [0.25, 0.3) is 11.8 Å². The fraction of sp³-hybridized carbons (Fsp3) is 0.290. The van der Waals surface area contributed by atoms with E-state index in [1.165, 1.54) is 6.42 Å². The lowest BCUT2D eigenvalue weighted by molar-refractivity contribution is -0.117. The van der Waals surface area contributed by atoms with Gasteiger partial charge in [0.15, 0.2) is 11.5 Å². The molecule has 1 heterocycles. The van der Waals surface area contributed by atoms with Gasteiger partial charge in [-0.2, -0.15) is 0 Å². The lowest BCUT2D eigenvalue weighted by Gasteiger charge is -2.34. The summed E-state index contributed by atoms with van der Waals surface area (Å²) < 4.78 is 6.00. The smallest absolute Gasteiger partial charge is 0.294 e. The van der Waals surface area contributed by atoms with Crippen molar-refractivity contribution in [2.75, 3.05) is 4.90 Å². The molecule has 6 heteroatoms. The summed E-state index contributed by atoms with van der Waals surface area (Å²) in [6, 6.07) is 22.4. The van der Waals surface area contributed by atoms with Crippen LogP contribution in [0.1, 0.15) is 54.6 Å². The standard InChI is InChI=1S/C31H31ClN2O3/c1-20-6-5-7-26(21(20)2)33-30(35)24-14-10-22(11-15-24)18-29-31(36)34(19-23-12-16-25(32)17-13-23)27-8-3-4-9-28(27)37-29/h3-4,8-18,20-21,26H,5-7,19H2,1-2H3,(H,33,35)/b29-18-. The zero-order chi connectivity index (χ0) is 25.9. The van der Waals surface area contributed by atoms with Crippen LogP contribution in [-0.2, 0) is 11.3 Å². The maximum Gasteiger partial charge on any atom is 0.294 e. The van der Waals surface area contributed by atoms with E-state index in [0.717, 1.165) is 29.7 Å². The molecule has 1 aliphatic carbocycles. The molecule has 2 aliphatic rings. The molecule has 0 spiro atoms. The minimum atomic E-state index is -0.226. The maximum absolute atomic E-state index is 13.5. The van der Waals surface area contributed by atoms with Crippen molar-refractivity contribution in [1.29, 1.82) is 0 Å². The van der Waals surface area contributed by atoms with Gasteiger partial charge in [0.05, 0.1) is 12.2 Å². The van der Waals surface area contributed by atoms with E-state index in [1.807, 2.05) is 60.7 Å². The van der Waals surface area contributed by atoms with E-state index >= 15 is 0 Å². The Kier molecular flexibility index (Phi) is 7.33. The minimum absolute atomic E-state index is 0.0572. The van der Waals surface area contributed by atoms with Gasteiger partial charge in [-0.1, -0.05) is 74.7 Å². The second-order valence-electron chi connectivity index (χ2n) is 10.1. The number of nitrogens with one attached hydrogen (secondary N) is 1. The van der Waals surface area contributed by atoms with Crippen LogP contribution in [0.25, 0.3) is 6.08 Å². The van der Waals surface area contributed by atoms with Crippen LogP contribution in [0.2, 0.25) is 5.02 Å². The molecule has 1 fully saturated rings. The van der Waals surface area contributed by atoms with Crippen LogP contribution in [0.15, 0.2) is 78.6 Å². The summed E-state index contributed by atoms with van der Waals surface area (Å²) in [7, 11) is 0. The van der Waals surface area contributed by atoms with Crippen molar-refractivity contribution in [3.8, 4) is 5.75 Å². The Bertz CT molecular complexity index is 1320. The van der Waals surface area contributed by atoms with Crippen molar-refractivity contribution in [3.63, 3.8) is 0 Å². The Morgan fingerprint density at radius 1 is 1.03 bits per heavy atom. The Morgan fingerprint density at radius 2 is 1.76 bits per heavy atom. The van der Waals surface area contributed by atoms with Crippen LogP contribution < -0.4 is 15.0 Å². The van der Waals surface area contributed by atoms with Gasteiger partial charge in [0, 0.05) is 16.6 Å². The molecular formula is C31H31ClN2O3. The zero-order valence-electron chi connectivity index (χ0n) is 21.1. The van der Waals surface area contributed by atoms with Gasteiger partial charge in [0.2, 0.25) is 0 Å². The van der Waals surface area contributed by atoms with E-state index in [2.05, 4.69) is 19.2 Å². The molecule has 5 nitrogen and oxygen atoms in total. The molecule has 3 aromatic rings. The fourth-order valence-electron chi connectivity index (χ4n) is 5.11. The van der Waals surface area contributed by atoms with Gasteiger partial charge in [0.1, 0.15) is 0 Å². The number of benzene rings is 3. The van der Waals surface area contributed by atoms with Crippen molar-refractivity contribution in [3.05, 3.63) is 100 Å². The summed E-state index contributed by atoms with van der Waals surface area (Å²) in [6.45, 7) is 4.87. The fourth-order valence-corrected chi connectivity index (χ4v) is 5.24. The van der Waals surface area contributed by atoms with Gasteiger partial charge in [-0.15, -0.1) is 0 Å². The van der Waals surface area contributed by atoms with Crippen molar-refractivity contribution in [1.82, 2.24) is 5.32 Å². The van der Waals surface area contributed by atoms with E-state index in [1.54, 1.807) is 23.1 Å². The van der Waals surface area contributed by atoms with E-state index < -0.39 is 0 Å². The van der Waals surface area contributed by atoms with E-state index in [0.29, 0.717) is 34.7 Å². The van der Waals surface area contributed by atoms with Gasteiger partial charge in [-0.05, 0) is 71.9 Å². The van der Waals surface area contributed by atoms with Gasteiger partial charge < -0.3 is 10.1 Å². The number of anilines is 1. The summed E-state index contributed by atoms with van der Waals surface area (Å²) in [6.07, 6.45) is 5.11. The summed E-state index contributed by atoms with van der Waals surface area (Å²) in [5.74, 6) is 1.65.